The van der Waals surface area contributed by atoms with Crippen LogP contribution in [0.3, 0.4) is 0 Å². The molecule has 0 aliphatic rings. The lowest BCUT2D eigenvalue weighted by Gasteiger charge is -2.12. The molecule has 20 heavy (non-hydrogen) atoms. The smallest absolute Gasteiger partial charge is 0.246 e. The fourth-order valence-corrected chi connectivity index (χ4v) is 1.72. The summed E-state index contributed by atoms with van der Waals surface area (Å²) in [5.41, 5.74) is 1.12. The minimum absolute atomic E-state index is 0.129. The summed E-state index contributed by atoms with van der Waals surface area (Å²) in [7, 11) is 3.01. The second-order valence-electron chi connectivity index (χ2n) is 4.34. The predicted molar refractivity (Wildman–Crippen MR) is 71.6 cm³/mol. The number of hydrogen-bond donors (Lipinski definition) is 0. The third-order valence-corrected chi connectivity index (χ3v) is 2.89. The van der Waals surface area contributed by atoms with Crippen LogP contribution in [-0.2, 0) is 22.5 Å². The van der Waals surface area contributed by atoms with Crippen molar-refractivity contribution in [3.63, 3.8) is 0 Å². The van der Waals surface area contributed by atoms with Crippen LogP contribution < -0.4 is 0 Å². The Hall–Kier alpha value is -2.21. The second kappa shape index (κ2) is 6.81. The molecule has 2 aromatic rings. The Morgan fingerprint density at radius 3 is 2.80 bits per heavy atom. The van der Waals surface area contributed by atoms with Gasteiger partial charge in [-0.3, -0.25) is 9.63 Å². The molecule has 0 saturated carbocycles. The highest BCUT2D eigenvalue weighted by Gasteiger charge is 2.12. The maximum absolute atomic E-state index is 11.6. The van der Waals surface area contributed by atoms with Crippen molar-refractivity contribution in [2.24, 2.45) is 0 Å². The van der Waals surface area contributed by atoms with Crippen LogP contribution in [0, 0.1) is 0 Å². The molecule has 2 rings (SSSR count). The third kappa shape index (κ3) is 3.89. The monoisotopic (exact) mass is 275 g/mol. The van der Waals surface area contributed by atoms with Crippen LogP contribution in [0.4, 0.5) is 0 Å². The highest BCUT2D eigenvalue weighted by atomic mass is 16.7. The van der Waals surface area contributed by atoms with Gasteiger partial charge in [0, 0.05) is 26.3 Å². The number of aromatic nitrogens is 2. The van der Waals surface area contributed by atoms with Crippen LogP contribution in [0.25, 0.3) is 0 Å². The summed E-state index contributed by atoms with van der Waals surface area (Å²) in [5, 5.41) is 5.09. The van der Waals surface area contributed by atoms with Gasteiger partial charge in [0.05, 0.1) is 7.11 Å². The van der Waals surface area contributed by atoms with Gasteiger partial charge in [-0.25, -0.2) is 5.06 Å². The molecule has 6 heteroatoms. The van der Waals surface area contributed by atoms with E-state index in [0.29, 0.717) is 24.6 Å². The summed E-state index contributed by atoms with van der Waals surface area (Å²) in [5.74, 6) is 0.961. The Balaban J connectivity index is 1.88. The first-order valence-electron chi connectivity index (χ1n) is 6.35. The van der Waals surface area contributed by atoms with E-state index < -0.39 is 0 Å². The van der Waals surface area contributed by atoms with Gasteiger partial charge in [0.25, 0.3) is 0 Å². The molecule has 6 nitrogen and oxygen atoms in total. The molecule has 0 fully saturated rings. The number of hydrogen-bond acceptors (Lipinski definition) is 5. The van der Waals surface area contributed by atoms with E-state index in [-0.39, 0.29) is 12.3 Å². The van der Waals surface area contributed by atoms with Gasteiger partial charge in [-0.05, 0) is 5.56 Å². The van der Waals surface area contributed by atoms with E-state index in [1.165, 1.54) is 12.2 Å². The number of rotatable bonds is 6. The molecule has 0 saturated heterocycles. The number of hydroxylamine groups is 2. The van der Waals surface area contributed by atoms with E-state index in [2.05, 4.69) is 10.1 Å². The van der Waals surface area contributed by atoms with Crippen LogP contribution in [0.1, 0.15) is 23.7 Å². The molecule has 0 aliphatic carbocycles. The van der Waals surface area contributed by atoms with Gasteiger partial charge in [-0.15, -0.1) is 0 Å². The molecule has 106 valence electrons. The standard InChI is InChI=1S/C14H17N3O3/c1-17(19-2)14(18)9-8-13-15-12(16-20-13)10-11-6-4-3-5-7-11/h3-7H,8-10H2,1-2H3. The molecule has 1 aromatic carbocycles. The van der Waals surface area contributed by atoms with Crippen molar-refractivity contribution in [2.75, 3.05) is 14.2 Å². The van der Waals surface area contributed by atoms with E-state index in [1.807, 2.05) is 30.3 Å². The Labute approximate surface area is 117 Å². The maximum atomic E-state index is 11.6. The summed E-state index contributed by atoms with van der Waals surface area (Å²) in [4.78, 5) is 20.6. The summed E-state index contributed by atoms with van der Waals surface area (Å²) in [6, 6.07) is 9.91. The molecular formula is C14H17N3O3. The normalized spacial score (nSPS) is 10.5. The average Bonchev–Trinajstić information content (AvgIpc) is 2.92. The van der Waals surface area contributed by atoms with Gasteiger partial charge in [-0.2, -0.15) is 4.98 Å². The number of amides is 1. The number of nitrogens with zero attached hydrogens (tertiary/aromatic N) is 3. The zero-order valence-corrected chi connectivity index (χ0v) is 11.6. The molecule has 1 amide bonds. The van der Waals surface area contributed by atoms with Crippen LogP contribution in [0.5, 0.6) is 0 Å². The Kier molecular flexibility index (Phi) is 4.84. The zero-order valence-electron chi connectivity index (χ0n) is 11.6. The van der Waals surface area contributed by atoms with Crippen molar-refractivity contribution < 1.29 is 14.2 Å². The van der Waals surface area contributed by atoms with Crippen LogP contribution in [-0.4, -0.2) is 35.3 Å². The van der Waals surface area contributed by atoms with Crippen molar-refractivity contribution in [3.8, 4) is 0 Å². The molecular weight excluding hydrogens is 258 g/mol. The first-order valence-corrected chi connectivity index (χ1v) is 6.35. The lowest BCUT2D eigenvalue weighted by Crippen LogP contribution is -2.25. The molecule has 0 unspecified atom stereocenters. The molecule has 0 bridgehead atoms. The van der Waals surface area contributed by atoms with Gasteiger partial charge in [-0.1, -0.05) is 35.5 Å². The van der Waals surface area contributed by atoms with Crippen molar-refractivity contribution >= 4 is 5.91 Å². The summed E-state index contributed by atoms with van der Waals surface area (Å²) in [6.45, 7) is 0. The molecule has 0 aliphatic heterocycles. The number of benzene rings is 1. The summed E-state index contributed by atoms with van der Waals surface area (Å²) >= 11 is 0. The topological polar surface area (TPSA) is 68.5 Å². The number of carbonyl (C=O) groups is 1. The van der Waals surface area contributed by atoms with E-state index in [0.717, 1.165) is 5.56 Å². The molecule has 1 aromatic heterocycles. The lowest BCUT2D eigenvalue weighted by molar-refractivity contribution is -0.168. The molecule has 0 atom stereocenters. The molecule has 0 spiro atoms. The lowest BCUT2D eigenvalue weighted by atomic mass is 10.1. The quantitative estimate of drug-likeness (QED) is 0.749. The highest BCUT2D eigenvalue weighted by molar-refractivity contribution is 5.74. The van der Waals surface area contributed by atoms with Crippen molar-refractivity contribution in [2.45, 2.75) is 19.3 Å². The highest BCUT2D eigenvalue weighted by Crippen LogP contribution is 2.08. The fourth-order valence-electron chi connectivity index (χ4n) is 1.72. The largest absolute Gasteiger partial charge is 0.339 e. The van der Waals surface area contributed by atoms with Crippen LogP contribution in [0.2, 0.25) is 0 Å². The Morgan fingerprint density at radius 2 is 2.10 bits per heavy atom. The van der Waals surface area contributed by atoms with Gasteiger partial charge in [0.15, 0.2) is 5.82 Å². The SMILES string of the molecule is CON(C)C(=O)CCc1nc(Cc2ccccc2)no1. The van der Waals surface area contributed by atoms with Gasteiger partial charge < -0.3 is 4.52 Å². The Bertz CT molecular complexity index is 554. The maximum Gasteiger partial charge on any atom is 0.246 e. The van der Waals surface area contributed by atoms with Crippen LogP contribution >= 0.6 is 0 Å². The third-order valence-electron chi connectivity index (χ3n) is 2.89. The molecule has 0 N–H and O–H groups in total. The molecule has 1 heterocycles. The van der Waals surface area contributed by atoms with E-state index in [1.54, 1.807) is 7.05 Å². The van der Waals surface area contributed by atoms with E-state index in [9.17, 15) is 4.79 Å². The van der Waals surface area contributed by atoms with Crippen molar-refractivity contribution in [1.82, 2.24) is 15.2 Å². The minimum Gasteiger partial charge on any atom is -0.339 e. The average molecular weight is 275 g/mol. The Morgan fingerprint density at radius 1 is 1.35 bits per heavy atom. The van der Waals surface area contributed by atoms with Crippen LogP contribution in [0.15, 0.2) is 34.9 Å². The van der Waals surface area contributed by atoms with E-state index in [4.69, 9.17) is 9.36 Å². The molecule has 0 radical (unpaired) electrons. The van der Waals surface area contributed by atoms with Gasteiger partial charge >= 0.3 is 0 Å². The predicted octanol–water partition coefficient (Wildman–Crippen LogP) is 1.61. The summed E-state index contributed by atoms with van der Waals surface area (Å²) < 4.78 is 5.13. The first kappa shape index (κ1) is 14.2. The zero-order chi connectivity index (χ0) is 14.4. The first-order chi connectivity index (χ1) is 9.69. The summed E-state index contributed by atoms with van der Waals surface area (Å²) in [6.07, 6.45) is 1.31. The van der Waals surface area contributed by atoms with Crippen molar-refractivity contribution in [3.05, 3.63) is 47.6 Å². The van der Waals surface area contributed by atoms with Crippen molar-refractivity contribution in [1.29, 1.82) is 0 Å². The number of aryl methyl sites for hydroxylation is 1. The minimum atomic E-state index is -0.129. The fraction of sp³-hybridized carbons (Fsp3) is 0.357. The second-order valence-corrected chi connectivity index (χ2v) is 4.34. The van der Waals surface area contributed by atoms with E-state index >= 15 is 0 Å². The van der Waals surface area contributed by atoms with Gasteiger partial charge in [0.2, 0.25) is 11.8 Å². The van der Waals surface area contributed by atoms with Gasteiger partial charge in [0.1, 0.15) is 0 Å². The number of carbonyl (C=O) groups excluding carboxylic acids is 1.